The lowest BCUT2D eigenvalue weighted by atomic mass is 10.1. The van der Waals surface area contributed by atoms with E-state index in [9.17, 15) is 4.79 Å². The number of rotatable bonds is 8. The molecule has 0 amide bonds. The summed E-state index contributed by atoms with van der Waals surface area (Å²) in [6, 6.07) is 6.00. The Hall–Kier alpha value is -1.76. The number of hydrogen-bond acceptors (Lipinski definition) is 6. The van der Waals surface area contributed by atoms with E-state index >= 15 is 0 Å². The van der Waals surface area contributed by atoms with Crippen LogP contribution in [0.1, 0.15) is 33.8 Å². The van der Waals surface area contributed by atoms with Crippen LogP contribution in [0.2, 0.25) is 0 Å². The first-order chi connectivity index (χ1) is 12.6. The summed E-state index contributed by atoms with van der Waals surface area (Å²) in [5, 5.41) is 4.17. The summed E-state index contributed by atoms with van der Waals surface area (Å²) < 4.78 is 5.31. The fourth-order valence-electron chi connectivity index (χ4n) is 3.32. The molecule has 5 nitrogen and oxygen atoms in total. The summed E-state index contributed by atoms with van der Waals surface area (Å²) in [6.45, 7) is 8.55. The lowest BCUT2D eigenvalue weighted by molar-refractivity contribution is 0.0993. The van der Waals surface area contributed by atoms with Gasteiger partial charge in [0.15, 0.2) is 5.78 Å². The van der Waals surface area contributed by atoms with Crippen LogP contribution >= 0.6 is 11.3 Å². The standard InChI is InChI=1S/C20H27N3O2S/c1-14-12-16(6-7-18(14)25-3)20-22-15(2)19(26-20)17(24)13-21-8-11-23-9-4-5-10-23/h6-7,12,21H,4-5,8-11,13H2,1-3H3. The van der Waals surface area contributed by atoms with Crippen molar-refractivity contribution in [3.8, 4) is 16.3 Å². The molecular weight excluding hydrogens is 346 g/mol. The van der Waals surface area contributed by atoms with Crippen LogP contribution in [0.3, 0.4) is 0 Å². The Labute approximate surface area is 159 Å². The third kappa shape index (κ3) is 4.50. The molecule has 1 aromatic carbocycles. The number of ether oxygens (including phenoxy) is 1. The third-order valence-corrected chi connectivity index (χ3v) is 6.03. The van der Waals surface area contributed by atoms with Crippen LogP contribution < -0.4 is 10.1 Å². The molecule has 0 radical (unpaired) electrons. The Morgan fingerprint density at radius 1 is 1.31 bits per heavy atom. The van der Waals surface area contributed by atoms with Crippen LogP contribution in [0.15, 0.2) is 18.2 Å². The van der Waals surface area contributed by atoms with Crippen LogP contribution in [0.25, 0.3) is 10.6 Å². The Morgan fingerprint density at radius 2 is 2.08 bits per heavy atom. The molecule has 1 aromatic heterocycles. The van der Waals surface area contributed by atoms with E-state index in [0.717, 1.165) is 45.5 Å². The van der Waals surface area contributed by atoms with Crippen molar-refractivity contribution < 1.29 is 9.53 Å². The van der Waals surface area contributed by atoms with Gasteiger partial charge in [-0.25, -0.2) is 4.98 Å². The number of benzene rings is 1. The summed E-state index contributed by atoms with van der Waals surface area (Å²) in [4.78, 5) is 20.4. The maximum absolute atomic E-state index is 12.5. The van der Waals surface area contributed by atoms with E-state index in [1.54, 1.807) is 7.11 Å². The van der Waals surface area contributed by atoms with Gasteiger partial charge in [-0.3, -0.25) is 4.79 Å². The molecule has 2 heterocycles. The summed E-state index contributed by atoms with van der Waals surface area (Å²) in [5.41, 5.74) is 2.90. The molecule has 2 aromatic rings. The highest BCUT2D eigenvalue weighted by atomic mass is 32.1. The second-order valence-corrected chi connectivity index (χ2v) is 7.77. The number of likely N-dealkylation sites (tertiary alicyclic amines) is 1. The molecule has 0 unspecified atom stereocenters. The van der Waals surface area contributed by atoms with Gasteiger partial charge in [0.05, 0.1) is 24.2 Å². The highest BCUT2D eigenvalue weighted by Gasteiger charge is 2.17. The zero-order valence-corrected chi connectivity index (χ0v) is 16.6. The number of nitrogens with one attached hydrogen (secondary N) is 1. The summed E-state index contributed by atoms with van der Waals surface area (Å²) in [7, 11) is 1.67. The van der Waals surface area contributed by atoms with Crippen LogP contribution in [0, 0.1) is 13.8 Å². The predicted octanol–water partition coefficient (Wildman–Crippen LogP) is 3.30. The Kier molecular flexibility index (Phi) is 6.40. The molecular formula is C20H27N3O2S. The predicted molar refractivity (Wildman–Crippen MR) is 106 cm³/mol. The molecule has 0 aliphatic carbocycles. The monoisotopic (exact) mass is 373 g/mol. The van der Waals surface area contributed by atoms with E-state index in [1.165, 1.54) is 37.3 Å². The molecule has 6 heteroatoms. The van der Waals surface area contributed by atoms with Crippen LogP contribution in [0.4, 0.5) is 0 Å². The Morgan fingerprint density at radius 3 is 2.77 bits per heavy atom. The number of carbonyl (C=O) groups excluding carboxylic acids is 1. The number of thiazole rings is 1. The zero-order valence-electron chi connectivity index (χ0n) is 15.8. The van der Waals surface area contributed by atoms with Gasteiger partial charge in [-0.2, -0.15) is 0 Å². The van der Waals surface area contributed by atoms with Gasteiger partial charge in [0.2, 0.25) is 0 Å². The number of carbonyl (C=O) groups is 1. The minimum atomic E-state index is 0.123. The molecule has 26 heavy (non-hydrogen) atoms. The van der Waals surface area contributed by atoms with Gasteiger partial charge in [-0.15, -0.1) is 11.3 Å². The lowest BCUT2D eigenvalue weighted by Crippen LogP contribution is -2.32. The molecule has 1 saturated heterocycles. The third-order valence-electron chi connectivity index (χ3n) is 4.78. The van der Waals surface area contributed by atoms with E-state index < -0.39 is 0 Å². The smallest absolute Gasteiger partial charge is 0.188 e. The number of aryl methyl sites for hydroxylation is 2. The van der Waals surface area contributed by atoms with Gasteiger partial charge in [-0.05, 0) is 63.5 Å². The van der Waals surface area contributed by atoms with Crippen molar-refractivity contribution in [1.29, 1.82) is 0 Å². The van der Waals surface area contributed by atoms with Crippen molar-refractivity contribution in [2.45, 2.75) is 26.7 Å². The van der Waals surface area contributed by atoms with E-state index in [-0.39, 0.29) is 5.78 Å². The molecule has 0 spiro atoms. The highest BCUT2D eigenvalue weighted by Crippen LogP contribution is 2.31. The van der Waals surface area contributed by atoms with Gasteiger partial charge in [0, 0.05) is 18.7 Å². The average Bonchev–Trinajstić information content (AvgIpc) is 3.28. The van der Waals surface area contributed by atoms with Crippen LogP contribution in [0.5, 0.6) is 5.75 Å². The van der Waals surface area contributed by atoms with E-state index in [2.05, 4.69) is 21.3 Å². The summed E-state index contributed by atoms with van der Waals surface area (Å²) in [5.74, 6) is 0.985. The van der Waals surface area contributed by atoms with Crippen LogP contribution in [-0.2, 0) is 0 Å². The molecule has 3 rings (SSSR count). The average molecular weight is 374 g/mol. The topological polar surface area (TPSA) is 54.5 Å². The molecule has 0 saturated carbocycles. The molecule has 1 N–H and O–H groups in total. The van der Waals surface area contributed by atoms with Crippen LogP contribution in [-0.4, -0.2) is 55.5 Å². The van der Waals surface area contributed by atoms with Crippen molar-refractivity contribution in [2.75, 3.05) is 39.8 Å². The first kappa shape index (κ1) is 19.0. The molecule has 1 aliphatic rings. The van der Waals surface area contributed by atoms with Crippen molar-refractivity contribution >= 4 is 17.1 Å². The van der Waals surface area contributed by atoms with Crippen molar-refractivity contribution in [3.63, 3.8) is 0 Å². The number of aromatic nitrogens is 1. The quantitative estimate of drug-likeness (QED) is 0.568. The maximum atomic E-state index is 12.5. The second-order valence-electron chi connectivity index (χ2n) is 6.77. The minimum Gasteiger partial charge on any atom is -0.496 e. The number of methoxy groups -OCH3 is 1. The summed E-state index contributed by atoms with van der Waals surface area (Å²) >= 11 is 1.47. The number of ketones is 1. The Balaban J connectivity index is 1.60. The minimum absolute atomic E-state index is 0.123. The van der Waals surface area contributed by atoms with Crippen molar-refractivity contribution in [1.82, 2.24) is 15.2 Å². The molecule has 0 atom stereocenters. The second kappa shape index (κ2) is 8.75. The van der Waals surface area contributed by atoms with Gasteiger partial charge in [0.25, 0.3) is 0 Å². The molecule has 140 valence electrons. The summed E-state index contributed by atoms with van der Waals surface area (Å²) in [6.07, 6.45) is 2.60. The van der Waals surface area contributed by atoms with Gasteiger partial charge < -0.3 is 15.0 Å². The normalized spacial score (nSPS) is 14.7. The molecule has 1 fully saturated rings. The fraction of sp³-hybridized carbons (Fsp3) is 0.500. The van der Waals surface area contributed by atoms with Gasteiger partial charge >= 0.3 is 0 Å². The fourth-order valence-corrected chi connectivity index (χ4v) is 4.32. The van der Waals surface area contributed by atoms with E-state index in [1.807, 2.05) is 26.0 Å². The van der Waals surface area contributed by atoms with E-state index in [4.69, 9.17) is 4.74 Å². The van der Waals surface area contributed by atoms with Crippen molar-refractivity contribution in [2.24, 2.45) is 0 Å². The maximum Gasteiger partial charge on any atom is 0.188 e. The highest BCUT2D eigenvalue weighted by molar-refractivity contribution is 7.17. The lowest BCUT2D eigenvalue weighted by Gasteiger charge is -2.14. The van der Waals surface area contributed by atoms with E-state index in [0.29, 0.717) is 6.54 Å². The number of hydrogen-bond donors (Lipinski definition) is 1. The number of nitrogens with zero attached hydrogens (tertiary/aromatic N) is 2. The van der Waals surface area contributed by atoms with Crippen molar-refractivity contribution in [3.05, 3.63) is 34.3 Å². The SMILES string of the molecule is COc1ccc(-c2nc(C)c(C(=O)CNCCN3CCCC3)s2)cc1C. The van der Waals surface area contributed by atoms with Gasteiger partial charge in [0.1, 0.15) is 10.8 Å². The zero-order chi connectivity index (χ0) is 18.5. The Bertz CT molecular complexity index is 766. The molecule has 1 aliphatic heterocycles. The first-order valence-corrected chi connectivity index (χ1v) is 9.99. The van der Waals surface area contributed by atoms with Gasteiger partial charge in [-0.1, -0.05) is 0 Å². The molecule has 0 bridgehead atoms. The number of Topliss-reactive ketones (excluding diaryl/α,β-unsaturated/α-hetero) is 1. The first-order valence-electron chi connectivity index (χ1n) is 9.17. The largest absolute Gasteiger partial charge is 0.496 e.